The van der Waals surface area contributed by atoms with Crippen molar-refractivity contribution in [2.24, 2.45) is 5.92 Å². The fourth-order valence-electron chi connectivity index (χ4n) is 2.16. The molecule has 1 aromatic rings. The van der Waals surface area contributed by atoms with E-state index in [-0.39, 0.29) is 19.0 Å². The summed E-state index contributed by atoms with van der Waals surface area (Å²) in [5, 5.41) is 10.1. The van der Waals surface area contributed by atoms with E-state index in [9.17, 15) is 26.7 Å². The van der Waals surface area contributed by atoms with Crippen molar-refractivity contribution in [1.82, 2.24) is 4.31 Å². The Hall–Kier alpha value is -1.12. The minimum atomic E-state index is -4.75. The van der Waals surface area contributed by atoms with E-state index in [1.165, 1.54) is 6.07 Å². The van der Waals surface area contributed by atoms with Gasteiger partial charge in [-0.05, 0) is 18.1 Å². The largest absolute Gasteiger partial charge is 0.417 e. The number of β-amino-alcohol motifs (C(OH)–C–C–N with tert-alkyl or cyclic N) is 1. The van der Waals surface area contributed by atoms with Gasteiger partial charge in [0.05, 0.1) is 16.1 Å². The second-order valence-electron chi connectivity index (χ2n) is 5.53. The number of nitrogens with zero attached hydrogens (tertiary/aromatic N) is 1. The molecular formula is C13H16F3NO3S. The zero-order valence-electron chi connectivity index (χ0n) is 11.6. The van der Waals surface area contributed by atoms with Crippen molar-refractivity contribution in [2.45, 2.75) is 30.5 Å². The molecule has 0 spiro atoms. The third-order valence-electron chi connectivity index (χ3n) is 3.79. The van der Waals surface area contributed by atoms with Gasteiger partial charge in [0.25, 0.3) is 0 Å². The quantitative estimate of drug-likeness (QED) is 0.927. The molecule has 8 heteroatoms. The molecule has 1 saturated heterocycles. The maximum atomic E-state index is 12.9. The molecule has 1 aliphatic rings. The Balaban J connectivity index is 2.36. The van der Waals surface area contributed by atoms with Gasteiger partial charge in [-0.2, -0.15) is 17.5 Å². The molecule has 1 aliphatic heterocycles. The van der Waals surface area contributed by atoms with Crippen molar-refractivity contribution in [3.05, 3.63) is 29.8 Å². The number of aliphatic hydroxyl groups is 1. The van der Waals surface area contributed by atoms with Gasteiger partial charge in [0.2, 0.25) is 10.0 Å². The maximum absolute atomic E-state index is 12.9. The first-order chi connectivity index (χ1) is 9.48. The summed E-state index contributed by atoms with van der Waals surface area (Å²) in [6, 6.07) is 4.06. The van der Waals surface area contributed by atoms with Gasteiger partial charge < -0.3 is 5.11 Å². The summed E-state index contributed by atoms with van der Waals surface area (Å²) in [6.07, 6.45) is -4.75. The van der Waals surface area contributed by atoms with Crippen LogP contribution in [0.5, 0.6) is 0 Å². The van der Waals surface area contributed by atoms with Gasteiger partial charge in [-0.1, -0.05) is 26.0 Å². The van der Waals surface area contributed by atoms with Crippen LogP contribution in [0.3, 0.4) is 0 Å². The first-order valence-corrected chi connectivity index (χ1v) is 7.81. The SMILES string of the molecule is CC(C)C1(O)CN(S(=O)(=O)c2ccccc2C(F)(F)F)C1. The molecule has 0 unspecified atom stereocenters. The lowest BCUT2D eigenvalue weighted by Gasteiger charge is -2.48. The van der Waals surface area contributed by atoms with E-state index in [4.69, 9.17) is 0 Å². The van der Waals surface area contributed by atoms with E-state index in [2.05, 4.69) is 0 Å². The van der Waals surface area contributed by atoms with Gasteiger partial charge in [0.1, 0.15) is 0 Å². The first-order valence-electron chi connectivity index (χ1n) is 6.37. The van der Waals surface area contributed by atoms with Gasteiger partial charge in [-0.25, -0.2) is 8.42 Å². The third kappa shape index (κ3) is 2.79. The Kier molecular flexibility index (Phi) is 3.84. The molecular weight excluding hydrogens is 307 g/mol. The standard InChI is InChI=1S/C13H16F3NO3S/c1-9(2)12(18)7-17(8-12)21(19,20)11-6-4-3-5-10(11)13(14,15)16/h3-6,9,18H,7-8H2,1-2H3. The van der Waals surface area contributed by atoms with E-state index in [0.29, 0.717) is 0 Å². The molecule has 1 N–H and O–H groups in total. The van der Waals surface area contributed by atoms with Crippen LogP contribution in [-0.4, -0.2) is 36.5 Å². The Morgan fingerprint density at radius 2 is 1.76 bits per heavy atom. The van der Waals surface area contributed by atoms with Crippen LogP contribution in [0, 0.1) is 5.92 Å². The second kappa shape index (κ2) is 4.96. The molecule has 1 fully saturated rings. The molecule has 0 aliphatic carbocycles. The Bertz CT molecular complexity index is 634. The number of alkyl halides is 3. The summed E-state index contributed by atoms with van der Waals surface area (Å²) in [6.45, 7) is 3.07. The molecule has 118 valence electrons. The summed E-state index contributed by atoms with van der Waals surface area (Å²) < 4.78 is 64.2. The van der Waals surface area contributed by atoms with E-state index >= 15 is 0 Å². The monoisotopic (exact) mass is 323 g/mol. The van der Waals surface area contributed by atoms with Gasteiger partial charge >= 0.3 is 6.18 Å². The highest BCUT2D eigenvalue weighted by atomic mass is 32.2. The van der Waals surface area contributed by atoms with E-state index in [1.807, 2.05) is 0 Å². The van der Waals surface area contributed by atoms with Gasteiger partial charge in [-0.3, -0.25) is 0 Å². The fraction of sp³-hybridized carbons (Fsp3) is 0.538. The van der Waals surface area contributed by atoms with Crippen molar-refractivity contribution in [2.75, 3.05) is 13.1 Å². The lowest BCUT2D eigenvalue weighted by Crippen LogP contribution is -2.65. The Morgan fingerprint density at radius 1 is 1.24 bits per heavy atom. The second-order valence-corrected chi connectivity index (χ2v) is 7.43. The van der Waals surface area contributed by atoms with Gasteiger partial charge in [0.15, 0.2) is 0 Å². The van der Waals surface area contributed by atoms with Crippen molar-refractivity contribution in [1.29, 1.82) is 0 Å². The zero-order valence-corrected chi connectivity index (χ0v) is 12.4. The average molecular weight is 323 g/mol. The molecule has 0 saturated carbocycles. The Labute approximate surface area is 121 Å². The molecule has 4 nitrogen and oxygen atoms in total. The van der Waals surface area contributed by atoms with Crippen LogP contribution < -0.4 is 0 Å². The summed E-state index contributed by atoms with van der Waals surface area (Å²) in [4.78, 5) is -0.775. The minimum absolute atomic E-state index is 0.179. The molecule has 2 rings (SSSR count). The molecule has 0 radical (unpaired) electrons. The Morgan fingerprint density at radius 3 is 2.24 bits per heavy atom. The van der Waals surface area contributed by atoms with Crippen molar-refractivity contribution < 1.29 is 26.7 Å². The number of halogens is 3. The number of hydrogen-bond donors (Lipinski definition) is 1. The summed E-state index contributed by atoms with van der Waals surface area (Å²) in [5.41, 5.74) is -2.37. The number of benzene rings is 1. The highest BCUT2D eigenvalue weighted by Crippen LogP contribution is 2.38. The van der Waals surface area contributed by atoms with Crippen LogP contribution in [0.4, 0.5) is 13.2 Å². The molecule has 21 heavy (non-hydrogen) atoms. The van der Waals surface area contributed by atoms with Crippen LogP contribution in [0.15, 0.2) is 29.2 Å². The topological polar surface area (TPSA) is 57.6 Å². The van der Waals surface area contributed by atoms with Crippen molar-refractivity contribution >= 4 is 10.0 Å². The molecule has 0 amide bonds. The summed E-state index contributed by atoms with van der Waals surface area (Å²) in [7, 11) is -4.27. The first kappa shape index (κ1) is 16.3. The van der Waals surface area contributed by atoms with Crippen LogP contribution >= 0.6 is 0 Å². The molecule has 1 aromatic carbocycles. The van der Waals surface area contributed by atoms with E-state index < -0.39 is 32.3 Å². The maximum Gasteiger partial charge on any atom is 0.417 e. The summed E-state index contributed by atoms with van der Waals surface area (Å²) >= 11 is 0. The highest BCUT2D eigenvalue weighted by molar-refractivity contribution is 7.89. The lowest BCUT2D eigenvalue weighted by atomic mass is 9.85. The van der Waals surface area contributed by atoms with Crippen molar-refractivity contribution in [3.63, 3.8) is 0 Å². The normalized spacial score (nSPS) is 19.6. The molecule has 0 atom stereocenters. The zero-order chi connectivity index (χ0) is 16.1. The smallest absolute Gasteiger partial charge is 0.387 e. The van der Waals surface area contributed by atoms with Crippen LogP contribution in [-0.2, 0) is 16.2 Å². The predicted octanol–water partition coefficient (Wildman–Crippen LogP) is 2.10. The van der Waals surface area contributed by atoms with Crippen LogP contribution in [0.1, 0.15) is 19.4 Å². The fourth-order valence-corrected chi connectivity index (χ4v) is 3.94. The average Bonchev–Trinajstić information content (AvgIpc) is 2.33. The highest BCUT2D eigenvalue weighted by Gasteiger charge is 2.50. The molecule has 0 bridgehead atoms. The summed E-state index contributed by atoms with van der Waals surface area (Å²) in [5.74, 6) is -0.179. The van der Waals surface area contributed by atoms with E-state index in [0.717, 1.165) is 22.5 Å². The van der Waals surface area contributed by atoms with Gasteiger partial charge in [-0.15, -0.1) is 0 Å². The number of hydrogen-bond acceptors (Lipinski definition) is 3. The number of rotatable bonds is 3. The van der Waals surface area contributed by atoms with E-state index in [1.54, 1.807) is 13.8 Å². The van der Waals surface area contributed by atoms with Crippen LogP contribution in [0.25, 0.3) is 0 Å². The number of sulfonamides is 1. The van der Waals surface area contributed by atoms with Crippen molar-refractivity contribution in [3.8, 4) is 0 Å². The third-order valence-corrected chi connectivity index (χ3v) is 5.64. The lowest BCUT2D eigenvalue weighted by molar-refractivity contribution is -0.140. The molecule has 1 heterocycles. The minimum Gasteiger partial charge on any atom is -0.387 e. The predicted molar refractivity (Wildman–Crippen MR) is 70.0 cm³/mol. The van der Waals surface area contributed by atoms with Gasteiger partial charge in [0, 0.05) is 13.1 Å². The van der Waals surface area contributed by atoms with Crippen LogP contribution in [0.2, 0.25) is 0 Å². The molecule has 0 aromatic heterocycles.